The zero-order valence-electron chi connectivity index (χ0n) is 15.0. The maximum absolute atomic E-state index is 12.0. The topological polar surface area (TPSA) is 66.5 Å². The summed E-state index contributed by atoms with van der Waals surface area (Å²) in [4.78, 5) is 14.0. The van der Waals surface area contributed by atoms with E-state index in [4.69, 9.17) is 0 Å². The van der Waals surface area contributed by atoms with Gasteiger partial charge in [-0.3, -0.25) is 9.69 Å². The van der Waals surface area contributed by atoms with Crippen molar-refractivity contribution in [1.82, 2.24) is 10.2 Å². The van der Waals surface area contributed by atoms with Gasteiger partial charge in [0.1, 0.15) is 0 Å². The van der Waals surface area contributed by atoms with E-state index in [1.165, 1.54) is 5.56 Å². The van der Waals surface area contributed by atoms with Crippen molar-refractivity contribution in [3.8, 4) is 0 Å². The van der Waals surface area contributed by atoms with Crippen LogP contribution in [-0.4, -0.2) is 50.4 Å². The van der Waals surface area contributed by atoms with E-state index in [-0.39, 0.29) is 35.4 Å². The molecule has 1 heterocycles. The number of nitrogens with zero attached hydrogens (tertiary/aromatic N) is 1. The monoisotopic (exact) mass is 352 g/mol. The fraction of sp³-hybridized carbons (Fsp3) is 0.611. The lowest BCUT2D eigenvalue weighted by atomic mass is 9.87. The van der Waals surface area contributed by atoms with E-state index in [9.17, 15) is 13.2 Å². The predicted octanol–water partition coefficient (Wildman–Crippen LogP) is 1.72. The second kappa shape index (κ2) is 7.23. The molecule has 1 fully saturated rings. The Morgan fingerprint density at radius 1 is 1.25 bits per heavy atom. The Labute approximate surface area is 145 Å². The van der Waals surface area contributed by atoms with Crippen molar-refractivity contribution in [3.63, 3.8) is 0 Å². The van der Waals surface area contributed by atoms with E-state index in [1.807, 2.05) is 11.9 Å². The van der Waals surface area contributed by atoms with Crippen LogP contribution in [0.2, 0.25) is 0 Å². The molecular weight excluding hydrogens is 324 g/mol. The third kappa shape index (κ3) is 5.60. The van der Waals surface area contributed by atoms with E-state index >= 15 is 0 Å². The molecule has 0 aromatic heterocycles. The van der Waals surface area contributed by atoms with Gasteiger partial charge in [0, 0.05) is 12.6 Å². The molecule has 1 saturated heterocycles. The van der Waals surface area contributed by atoms with Crippen molar-refractivity contribution in [2.45, 2.75) is 45.2 Å². The maximum Gasteiger partial charge on any atom is 0.234 e. The number of sulfone groups is 1. The molecule has 1 aromatic rings. The SMILES string of the molecule is CN(CC(=O)NC1CCS(=O)(=O)C1)Cc1ccc(C(C)(C)C)cc1. The summed E-state index contributed by atoms with van der Waals surface area (Å²) in [6, 6.07) is 8.22. The van der Waals surface area contributed by atoms with Crippen LogP contribution in [0.25, 0.3) is 0 Å². The van der Waals surface area contributed by atoms with Crippen molar-refractivity contribution in [2.24, 2.45) is 0 Å². The quantitative estimate of drug-likeness (QED) is 0.876. The molecule has 1 unspecified atom stereocenters. The highest BCUT2D eigenvalue weighted by Gasteiger charge is 2.28. The summed E-state index contributed by atoms with van der Waals surface area (Å²) in [7, 11) is -1.07. The molecule has 0 spiro atoms. The average molecular weight is 353 g/mol. The highest BCUT2D eigenvalue weighted by molar-refractivity contribution is 7.91. The number of benzene rings is 1. The molecule has 1 aromatic carbocycles. The van der Waals surface area contributed by atoms with Gasteiger partial charge in [0.2, 0.25) is 5.91 Å². The first-order valence-corrected chi connectivity index (χ1v) is 10.1. The van der Waals surface area contributed by atoms with E-state index < -0.39 is 9.84 Å². The molecule has 134 valence electrons. The van der Waals surface area contributed by atoms with Crippen molar-refractivity contribution in [1.29, 1.82) is 0 Å². The standard InChI is InChI=1S/C18H28N2O3S/c1-18(2,3)15-7-5-14(6-8-15)11-20(4)12-17(21)19-16-9-10-24(22,23)13-16/h5-8,16H,9-13H2,1-4H3,(H,19,21). The van der Waals surface area contributed by atoms with Gasteiger partial charge in [0.05, 0.1) is 18.1 Å². The Balaban J connectivity index is 1.82. The van der Waals surface area contributed by atoms with Gasteiger partial charge in [-0.2, -0.15) is 0 Å². The normalized spacial score (nSPS) is 20.3. The maximum atomic E-state index is 12.0. The van der Waals surface area contributed by atoms with E-state index in [0.717, 1.165) is 5.56 Å². The molecule has 1 N–H and O–H groups in total. The average Bonchev–Trinajstić information content (AvgIpc) is 2.77. The van der Waals surface area contributed by atoms with Gasteiger partial charge in [0.15, 0.2) is 9.84 Å². The van der Waals surface area contributed by atoms with Crippen LogP contribution >= 0.6 is 0 Å². The Hall–Kier alpha value is -1.40. The zero-order valence-corrected chi connectivity index (χ0v) is 15.8. The number of carbonyl (C=O) groups excluding carboxylic acids is 1. The molecule has 1 aliphatic heterocycles. The fourth-order valence-corrected chi connectivity index (χ4v) is 4.58. The molecule has 1 amide bonds. The van der Waals surface area contributed by atoms with Crippen LogP contribution in [0.1, 0.15) is 38.3 Å². The van der Waals surface area contributed by atoms with Crippen molar-refractivity contribution in [2.75, 3.05) is 25.1 Å². The van der Waals surface area contributed by atoms with Crippen molar-refractivity contribution >= 4 is 15.7 Å². The number of likely N-dealkylation sites (N-methyl/N-ethyl adjacent to an activating group) is 1. The van der Waals surface area contributed by atoms with Gasteiger partial charge in [-0.25, -0.2) is 8.42 Å². The van der Waals surface area contributed by atoms with Gasteiger partial charge >= 0.3 is 0 Å². The number of carbonyl (C=O) groups is 1. The van der Waals surface area contributed by atoms with Gasteiger partial charge in [-0.05, 0) is 30.0 Å². The smallest absolute Gasteiger partial charge is 0.234 e. The highest BCUT2D eigenvalue weighted by atomic mass is 32.2. The first-order chi connectivity index (χ1) is 11.0. The van der Waals surface area contributed by atoms with Gasteiger partial charge < -0.3 is 5.32 Å². The molecule has 2 rings (SSSR count). The molecule has 1 atom stereocenters. The molecule has 5 nitrogen and oxygen atoms in total. The molecule has 24 heavy (non-hydrogen) atoms. The largest absolute Gasteiger partial charge is 0.351 e. The minimum absolute atomic E-state index is 0.0662. The van der Waals surface area contributed by atoms with E-state index in [2.05, 4.69) is 50.4 Å². The van der Waals surface area contributed by atoms with E-state index in [0.29, 0.717) is 13.0 Å². The molecule has 0 bridgehead atoms. The van der Waals surface area contributed by atoms with Crippen molar-refractivity contribution in [3.05, 3.63) is 35.4 Å². The number of rotatable bonds is 5. The number of amides is 1. The molecule has 0 saturated carbocycles. The minimum atomic E-state index is -2.96. The molecule has 6 heteroatoms. The van der Waals surface area contributed by atoms with Gasteiger partial charge in [-0.15, -0.1) is 0 Å². The van der Waals surface area contributed by atoms with Crippen LogP contribution in [0.15, 0.2) is 24.3 Å². The zero-order chi connectivity index (χ0) is 18.0. The third-order valence-electron chi connectivity index (χ3n) is 4.28. The summed E-state index contributed by atoms with van der Waals surface area (Å²) in [6.45, 7) is 7.49. The Kier molecular flexibility index (Phi) is 5.71. The first kappa shape index (κ1) is 18.9. The number of hydrogen-bond acceptors (Lipinski definition) is 4. The predicted molar refractivity (Wildman–Crippen MR) is 96.7 cm³/mol. The second-order valence-corrected chi connectivity index (χ2v) is 10.0. The van der Waals surface area contributed by atoms with Crippen LogP contribution in [0, 0.1) is 0 Å². The van der Waals surface area contributed by atoms with Gasteiger partial charge in [-0.1, -0.05) is 45.0 Å². The van der Waals surface area contributed by atoms with Crippen LogP contribution in [-0.2, 0) is 26.6 Å². The van der Waals surface area contributed by atoms with Crippen LogP contribution < -0.4 is 5.32 Å². The molecule has 0 radical (unpaired) electrons. The molecule has 1 aliphatic rings. The van der Waals surface area contributed by atoms with Crippen LogP contribution in [0.3, 0.4) is 0 Å². The lowest BCUT2D eigenvalue weighted by Crippen LogP contribution is -2.41. The third-order valence-corrected chi connectivity index (χ3v) is 6.05. The first-order valence-electron chi connectivity index (χ1n) is 8.33. The molecular formula is C18H28N2O3S. The summed E-state index contributed by atoms with van der Waals surface area (Å²) in [5.74, 6) is 0.121. The summed E-state index contributed by atoms with van der Waals surface area (Å²) >= 11 is 0. The minimum Gasteiger partial charge on any atom is -0.351 e. The van der Waals surface area contributed by atoms with Crippen LogP contribution in [0.5, 0.6) is 0 Å². The summed E-state index contributed by atoms with van der Waals surface area (Å²) in [5.41, 5.74) is 2.57. The summed E-state index contributed by atoms with van der Waals surface area (Å²) in [6.07, 6.45) is 0.520. The highest BCUT2D eigenvalue weighted by Crippen LogP contribution is 2.22. The Bertz CT molecular complexity index is 675. The number of hydrogen-bond donors (Lipinski definition) is 1. The summed E-state index contributed by atoms with van der Waals surface area (Å²) in [5, 5.41) is 2.82. The Morgan fingerprint density at radius 3 is 2.38 bits per heavy atom. The fourth-order valence-electron chi connectivity index (χ4n) is 2.91. The van der Waals surface area contributed by atoms with Crippen molar-refractivity contribution < 1.29 is 13.2 Å². The Morgan fingerprint density at radius 2 is 1.88 bits per heavy atom. The van der Waals surface area contributed by atoms with Gasteiger partial charge in [0.25, 0.3) is 0 Å². The second-order valence-electron chi connectivity index (χ2n) is 7.79. The van der Waals surface area contributed by atoms with Crippen LogP contribution in [0.4, 0.5) is 0 Å². The summed E-state index contributed by atoms with van der Waals surface area (Å²) < 4.78 is 22.8. The van der Waals surface area contributed by atoms with E-state index in [1.54, 1.807) is 0 Å². The lowest BCUT2D eigenvalue weighted by molar-refractivity contribution is -0.122. The lowest BCUT2D eigenvalue weighted by Gasteiger charge is -2.21. The number of nitrogens with one attached hydrogen (secondary N) is 1. The molecule has 0 aliphatic carbocycles.